The average Bonchev–Trinajstić information content (AvgIpc) is 2.79. The van der Waals surface area contributed by atoms with Gasteiger partial charge in [-0.05, 0) is 59.3 Å². The number of hydrogen-bond acceptors (Lipinski definition) is 5. The van der Waals surface area contributed by atoms with Crippen molar-refractivity contribution in [1.82, 2.24) is 0 Å². The molecule has 0 unspecified atom stereocenters. The normalized spacial score (nSPS) is 10.8. The Kier molecular flexibility index (Phi) is 5.87. The molecule has 156 valence electrons. The number of ether oxygens (including phenoxy) is 1. The number of carbonyl (C=O) groups excluding carboxylic acids is 1. The summed E-state index contributed by atoms with van der Waals surface area (Å²) in [5, 5.41) is 12.0. The van der Waals surface area contributed by atoms with E-state index in [2.05, 4.69) is 12.1 Å². The lowest BCUT2D eigenvalue weighted by Gasteiger charge is -2.12. The van der Waals surface area contributed by atoms with Crippen molar-refractivity contribution < 1.29 is 19.5 Å². The summed E-state index contributed by atoms with van der Waals surface area (Å²) < 4.78 is 5.04. The number of hydrogen-bond donors (Lipinski definition) is 2. The number of phenolic OH excluding ortho intramolecular Hbond substituents is 1. The van der Waals surface area contributed by atoms with Gasteiger partial charge in [-0.1, -0.05) is 48.5 Å². The summed E-state index contributed by atoms with van der Waals surface area (Å²) in [6, 6.07) is 24.8. The Balaban J connectivity index is 1.72. The summed E-state index contributed by atoms with van der Waals surface area (Å²) in [5.74, 6) is 5.68. The van der Waals surface area contributed by atoms with Crippen LogP contribution in [0, 0.1) is 0 Å². The number of carbonyl (C=O) groups is 1. The number of phenols is 1. The van der Waals surface area contributed by atoms with Crippen molar-refractivity contribution in [3.05, 3.63) is 95.6 Å². The highest BCUT2D eigenvalue weighted by Gasteiger charge is 2.13. The van der Waals surface area contributed by atoms with Crippen LogP contribution in [-0.4, -0.2) is 17.7 Å². The van der Waals surface area contributed by atoms with Crippen LogP contribution in [0.15, 0.2) is 78.9 Å². The van der Waals surface area contributed by atoms with Gasteiger partial charge in [-0.25, -0.2) is 4.79 Å². The molecule has 4 aromatic rings. The second-order valence-electron chi connectivity index (χ2n) is 7.25. The summed E-state index contributed by atoms with van der Waals surface area (Å²) in [6.45, 7) is 2.03. The molecule has 0 radical (unpaired) electrons. The molecule has 5 heteroatoms. The lowest BCUT2D eigenvalue weighted by atomic mass is 9.96. The molecule has 0 aliphatic carbocycles. The van der Waals surface area contributed by atoms with Gasteiger partial charge in [0.2, 0.25) is 0 Å². The van der Waals surface area contributed by atoms with Crippen LogP contribution in [-0.2, 0) is 11.2 Å². The molecule has 31 heavy (non-hydrogen) atoms. The SMILES string of the molecule is CCOC(=O)c1cc(O)c2cc(-c3ccc(ON)c(Cc4ccccc4)c3)ccc2c1. The highest BCUT2D eigenvalue weighted by molar-refractivity contribution is 5.99. The van der Waals surface area contributed by atoms with E-state index in [4.69, 9.17) is 15.5 Å². The lowest BCUT2D eigenvalue weighted by Crippen LogP contribution is -2.05. The van der Waals surface area contributed by atoms with Crippen LogP contribution in [0.5, 0.6) is 11.5 Å². The summed E-state index contributed by atoms with van der Waals surface area (Å²) in [4.78, 5) is 17.1. The number of aromatic hydroxyl groups is 1. The molecule has 0 saturated heterocycles. The van der Waals surface area contributed by atoms with Crippen molar-refractivity contribution in [1.29, 1.82) is 0 Å². The van der Waals surface area contributed by atoms with Crippen LogP contribution in [0.4, 0.5) is 0 Å². The third-order valence-corrected chi connectivity index (χ3v) is 5.20. The van der Waals surface area contributed by atoms with Gasteiger partial charge in [0.1, 0.15) is 11.5 Å². The Hall–Kier alpha value is -3.83. The summed E-state index contributed by atoms with van der Waals surface area (Å²) >= 11 is 0. The minimum atomic E-state index is -0.452. The molecule has 0 aliphatic rings. The van der Waals surface area contributed by atoms with Crippen molar-refractivity contribution in [3.63, 3.8) is 0 Å². The largest absolute Gasteiger partial charge is 0.507 e. The van der Waals surface area contributed by atoms with Crippen LogP contribution in [0.3, 0.4) is 0 Å². The molecular weight excluding hydrogens is 390 g/mol. The van der Waals surface area contributed by atoms with Gasteiger partial charge < -0.3 is 14.7 Å². The molecule has 3 N–H and O–H groups in total. The maximum atomic E-state index is 12.0. The Bertz CT molecular complexity index is 1240. The first kappa shape index (κ1) is 20.4. The maximum Gasteiger partial charge on any atom is 0.338 e. The highest BCUT2D eigenvalue weighted by Crippen LogP contribution is 2.33. The highest BCUT2D eigenvalue weighted by atomic mass is 16.6. The van der Waals surface area contributed by atoms with Gasteiger partial charge in [-0.2, -0.15) is 5.90 Å². The average molecular weight is 413 g/mol. The zero-order valence-electron chi connectivity index (χ0n) is 17.2. The van der Waals surface area contributed by atoms with Gasteiger partial charge in [0, 0.05) is 17.4 Å². The number of esters is 1. The predicted octanol–water partition coefficient (Wildman–Crippen LogP) is 5.23. The Morgan fingerprint density at radius 1 is 0.935 bits per heavy atom. The molecule has 0 saturated carbocycles. The number of benzene rings is 4. The molecule has 0 spiro atoms. The molecule has 4 aromatic carbocycles. The number of nitrogens with two attached hydrogens (primary N) is 1. The summed E-state index contributed by atoms with van der Waals surface area (Å²) in [7, 11) is 0. The summed E-state index contributed by atoms with van der Waals surface area (Å²) in [6.07, 6.45) is 0.683. The van der Waals surface area contributed by atoms with E-state index in [9.17, 15) is 9.90 Å². The minimum Gasteiger partial charge on any atom is -0.507 e. The fourth-order valence-electron chi connectivity index (χ4n) is 3.68. The monoisotopic (exact) mass is 413 g/mol. The predicted molar refractivity (Wildman–Crippen MR) is 121 cm³/mol. The molecule has 0 heterocycles. The minimum absolute atomic E-state index is 0.0359. The first-order valence-corrected chi connectivity index (χ1v) is 10.1. The molecule has 0 bridgehead atoms. The Labute approximate surface area is 180 Å². The third-order valence-electron chi connectivity index (χ3n) is 5.20. The smallest absolute Gasteiger partial charge is 0.338 e. The molecule has 0 aliphatic heterocycles. The van der Waals surface area contributed by atoms with Gasteiger partial charge in [0.15, 0.2) is 0 Å². The Morgan fingerprint density at radius 2 is 1.68 bits per heavy atom. The van der Waals surface area contributed by atoms with Crippen LogP contribution in [0.25, 0.3) is 21.9 Å². The molecule has 5 nitrogen and oxygen atoms in total. The maximum absolute atomic E-state index is 12.0. The second-order valence-corrected chi connectivity index (χ2v) is 7.25. The zero-order chi connectivity index (χ0) is 21.8. The van der Waals surface area contributed by atoms with Crippen molar-refractivity contribution in [3.8, 4) is 22.6 Å². The van der Waals surface area contributed by atoms with E-state index < -0.39 is 5.97 Å². The van der Waals surface area contributed by atoms with Crippen molar-refractivity contribution in [2.45, 2.75) is 13.3 Å². The third kappa shape index (κ3) is 4.37. The standard InChI is InChI=1S/C26H23NO4/c1-2-30-26(29)22-14-20-9-8-19(15-23(20)24(28)16-22)18-10-11-25(31-27)21(13-18)12-17-6-4-3-5-7-17/h3-11,13-16,28H,2,12,27H2,1H3. The molecule has 0 amide bonds. The lowest BCUT2D eigenvalue weighted by molar-refractivity contribution is 0.0526. The van der Waals surface area contributed by atoms with Gasteiger partial charge in [-0.3, -0.25) is 0 Å². The topological polar surface area (TPSA) is 81.8 Å². The molecule has 0 atom stereocenters. The van der Waals surface area contributed by atoms with Gasteiger partial charge in [-0.15, -0.1) is 0 Å². The number of rotatable bonds is 6. The van der Waals surface area contributed by atoms with Crippen molar-refractivity contribution in [2.75, 3.05) is 6.61 Å². The van der Waals surface area contributed by atoms with E-state index in [0.29, 0.717) is 23.1 Å². The zero-order valence-corrected chi connectivity index (χ0v) is 17.2. The molecular formula is C26H23NO4. The first-order chi connectivity index (χ1) is 15.1. The van der Waals surface area contributed by atoms with Crippen LogP contribution < -0.4 is 10.7 Å². The molecule has 0 fully saturated rings. The van der Waals surface area contributed by atoms with E-state index >= 15 is 0 Å². The first-order valence-electron chi connectivity index (χ1n) is 10.1. The molecule has 4 rings (SSSR count). The van der Waals surface area contributed by atoms with E-state index in [1.807, 2.05) is 54.6 Å². The van der Waals surface area contributed by atoms with Gasteiger partial charge in [0.05, 0.1) is 12.2 Å². The fraction of sp³-hybridized carbons (Fsp3) is 0.115. The quantitative estimate of drug-likeness (QED) is 0.334. The molecule has 0 aromatic heterocycles. The van der Waals surface area contributed by atoms with E-state index in [-0.39, 0.29) is 12.4 Å². The van der Waals surface area contributed by atoms with Crippen molar-refractivity contribution >= 4 is 16.7 Å². The van der Waals surface area contributed by atoms with E-state index in [0.717, 1.165) is 27.6 Å². The number of fused-ring (bicyclic) bond motifs is 1. The van der Waals surface area contributed by atoms with E-state index in [1.165, 1.54) is 6.07 Å². The summed E-state index contributed by atoms with van der Waals surface area (Å²) in [5.41, 5.74) is 4.36. The van der Waals surface area contributed by atoms with Crippen molar-refractivity contribution in [2.24, 2.45) is 5.90 Å². The van der Waals surface area contributed by atoms with Crippen LogP contribution in [0.1, 0.15) is 28.4 Å². The Morgan fingerprint density at radius 3 is 2.42 bits per heavy atom. The fourth-order valence-corrected chi connectivity index (χ4v) is 3.68. The van der Waals surface area contributed by atoms with Crippen LogP contribution >= 0.6 is 0 Å². The van der Waals surface area contributed by atoms with Gasteiger partial charge in [0.25, 0.3) is 0 Å². The van der Waals surface area contributed by atoms with Gasteiger partial charge >= 0.3 is 5.97 Å². The van der Waals surface area contributed by atoms with Crippen LogP contribution in [0.2, 0.25) is 0 Å². The van der Waals surface area contributed by atoms with E-state index in [1.54, 1.807) is 13.0 Å². The second kappa shape index (κ2) is 8.90.